The zero-order chi connectivity index (χ0) is 22.1. The van der Waals surface area contributed by atoms with Gasteiger partial charge in [-0.25, -0.2) is 9.37 Å². The van der Waals surface area contributed by atoms with Gasteiger partial charge >= 0.3 is 6.18 Å². The minimum absolute atomic E-state index is 0.00420. The number of hydrogen-bond acceptors (Lipinski definition) is 4. The molecule has 1 aliphatic carbocycles. The normalized spacial score (nSPS) is 23.1. The molecule has 1 atom stereocenters. The molecule has 2 aromatic heterocycles. The van der Waals surface area contributed by atoms with E-state index in [0.29, 0.717) is 6.07 Å². The van der Waals surface area contributed by atoms with Gasteiger partial charge in [-0.1, -0.05) is 23.2 Å². The third-order valence-electron chi connectivity index (χ3n) is 5.06. The topological polar surface area (TPSA) is 75.1 Å². The first-order valence-electron chi connectivity index (χ1n) is 9.02. The summed E-state index contributed by atoms with van der Waals surface area (Å²) in [6.45, 7) is 0. The van der Waals surface area contributed by atoms with Gasteiger partial charge in [-0.3, -0.25) is 9.78 Å². The molecule has 3 rings (SSSR count). The van der Waals surface area contributed by atoms with Crippen LogP contribution in [0, 0.1) is 0 Å². The molecule has 1 aliphatic rings. The first-order valence-corrected chi connectivity index (χ1v) is 9.78. The van der Waals surface area contributed by atoms with Crippen molar-refractivity contribution in [3.05, 3.63) is 57.6 Å². The van der Waals surface area contributed by atoms with Crippen LogP contribution in [0.5, 0.6) is 0 Å². The minimum Gasteiger partial charge on any atom is -0.387 e. The van der Waals surface area contributed by atoms with Gasteiger partial charge < -0.3 is 10.4 Å². The molecule has 0 radical (unpaired) electrons. The Morgan fingerprint density at radius 3 is 2.47 bits per heavy atom. The van der Waals surface area contributed by atoms with Crippen molar-refractivity contribution in [3.8, 4) is 0 Å². The van der Waals surface area contributed by atoms with Crippen molar-refractivity contribution < 1.29 is 27.5 Å². The molecule has 2 N–H and O–H groups in total. The molecule has 0 saturated heterocycles. The molecule has 1 amide bonds. The predicted molar refractivity (Wildman–Crippen MR) is 102 cm³/mol. The predicted octanol–water partition coefficient (Wildman–Crippen LogP) is 4.92. The summed E-state index contributed by atoms with van der Waals surface area (Å²) >= 11 is 12.0. The molecule has 0 spiro atoms. The second kappa shape index (κ2) is 8.64. The molecule has 30 heavy (non-hydrogen) atoms. The second-order valence-electron chi connectivity index (χ2n) is 7.07. The van der Waals surface area contributed by atoms with Gasteiger partial charge in [0.15, 0.2) is 0 Å². The van der Waals surface area contributed by atoms with Crippen molar-refractivity contribution >= 4 is 29.1 Å². The number of amides is 1. The third kappa shape index (κ3) is 4.68. The van der Waals surface area contributed by atoms with E-state index in [-0.39, 0.29) is 36.4 Å². The maximum absolute atomic E-state index is 13.6. The highest BCUT2D eigenvalue weighted by atomic mass is 35.5. The highest BCUT2D eigenvalue weighted by molar-refractivity contribution is 6.34. The van der Waals surface area contributed by atoms with Crippen LogP contribution in [0.2, 0.25) is 10.0 Å². The second-order valence-corrected chi connectivity index (χ2v) is 7.86. The van der Waals surface area contributed by atoms with Crippen LogP contribution in [-0.2, 0) is 6.18 Å². The first kappa shape index (κ1) is 22.7. The summed E-state index contributed by atoms with van der Waals surface area (Å²) in [4.78, 5) is 20.6. The Bertz CT molecular complexity index is 934. The Hall–Kier alpha value is -1.97. The average Bonchev–Trinajstić information content (AvgIpc) is 2.68. The van der Waals surface area contributed by atoms with Gasteiger partial charge in [-0.2, -0.15) is 13.2 Å². The summed E-state index contributed by atoms with van der Waals surface area (Å²) in [6, 6.07) is 2.47. The number of pyridine rings is 2. The van der Waals surface area contributed by atoms with Crippen LogP contribution in [0.4, 0.5) is 17.6 Å². The van der Waals surface area contributed by atoms with Crippen LogP contribution in [0.15, 0.2) is 30.6 Å². The van der Waals surface area contributed by atoms with E-state index in [0.717, 1.165) is 6.20 Å². The molecule has 1 unspecified atom stereocenters. The van der Waals surface area contributed by atoms with Gasteiger partial charge in [-0.15, -0.1) is 0 Å². The summed E-state index contributed by atoms with van der Waals surface area (Å²) in [5, 5.41) is 12.9. The number of nitrogens with zero attached hydrogens (tertiary/aromatic N) is 2. The maximum Gasteiger partial charge on any atom is 0.417 e. The highest BCUT2D eigenvalue weighted by Crippen LogP contribution is 2.41. The van der Waals surface area contributed by atoms with Crippen molar-refractivity contribution in [2.24, 2.45) is 0 Å². The molecule has 0 aromatic carbocycles. The van der Waals surface area contributed by atoms with Gasteiger partial charge in [0.05, 0.1) is 26.9 Å². The fourth-order valence-electron chi connectivity index (χ4n) is 3.46. The van der Waals surface area contributed by atoms with Crippen molar-refractivity contribution in [1.29, 1.82) is 0 Å². The number of aromatic nitrogens is 2. The zero-order valence-corrected chi connectivity index (χ0v) is 16.9. The minimum atomic E-state index is -4.78. The third-order valence-corrected chi connectivity index (χ3v) is 5.77. The number of carbonyl (C=O) groups excluding carboxylic acids is 1. The van der Waals surface area contributed by atoms with E-state index in [1.165, 1.54) is 12.3 Å². The number of carbonyl (C=O) groups is 1. The van der Waals surface area contributed by atoms with Crippen LogP contribution < -0.4 is 5.32 Å². The highest BCUT2D eigenvalue weighted by Gasteiger charge is 2.44. The molecular formula is C19H17Cl2F4N3O2. The van der Waals surface area contributed by atoms with E-state index in [1.807, 2.05) is 0 Å². The Balaban J connectivity index is 1.98. The van der Waals surface area contributed by atoms with Crippen LogP contribution >= 0.6 is 23.2 Å². The van der Waals surface area contributed by atoms with Crippen molar-refractivity contribution in [2.45, 2.75) is 49.7 Å². The quantitative estimate of drug-likeness (QED) is 0.628. The van der Waals surface area contributed by atoms with Crippen molar-refractivity contribution in [1.82, 2.24) is 15.3 Å². The van der Waals surface area contributed by atoms with Gasteiger partial charge in [0.1, 0.15) is 17.9 Å². The molecule has 162 valence electrons. The number of hydrogen-bond donors (Lipinski definition) is 2. The van der Waals surface area contributed by atoms with E-state index in [2.05, 4.69) is 15.3 Å². The van der Waals surface area contributed by atoms with Crippen LogP contribution in [0.25, 0.3) is 0 Å². The lowest BCUT2D eigenvalue weighted by atomic mass is 9.77. The fourth-order valence-corrected chi connectivity index (χ4v) is 3.99. The molecule has 5 nitrogen and oxygen atoms in total. The summed E-state index contributed by atoms with van der Waals surface area (Å²) in [5.41, 5.74) is -3.38. The molecule has 2 aromatic rings. The number of halogens is 6. The number of rotatable bonds is 4. The summed E-state index contributed by atoms with van der Waals surface area (Å²) in [6.07, 6.45) is -3.58. The molecular weight excluding hydrogens is 449 g/mol. The SMILES string of the molecule is O=C(NC(c1ncccc1Cl)C1(O)CCC(F)CC1)c1nccc(C(F)(F)F)c1Cl. The van der Waals surface area contributed by atoms with E-state index < -0.39 is 46.2 Å². The lowest BCUT2D eigenvalue weighted by molar-refractivity contribution is -0.137. The lowest BCUT2D eigenvalue weighted by Crippen LogP contribution is -2.49. The molecule has 2 heterocycles. The summed E-state index contributed by atoms with van der Waals surface area (Å²) < 4.78 is 53.0. The zero-order valence-electron chi connectivity index (χ0n) is 15.4. The van der Waals surface area contributed by atoms with Gasteiger partial charge in [0, 0.05) is 12.4 Å². The van der Waals surface area contributed by atoms with E-state index >= 15 is 0 Å². The maximum atomic E-state index is 13.6. The molecule has 1 fully saturated rings. The van der Waals surface area contributed by atoms with Gasteiger partial charge in [0.25, 0.3) is 5.91 Å². The summed E-state index contributed by atoms with van der Waals surface area (Å²) in [7, 11) is 0. The van der Waals surface area contributed by atoms with Crippen LogP contribution in [0.3, 0.4) is 0 Å². The lowest BCUT2D eigenvalue weighted by Gasteiger charge is -2.40. The average molecular weight is 466 g/mol. The Labute approximate surface area is 179 Å². The molecule has 1 saturated carbocycles. The monoisotopic (exact) mass is 465 g/mol. The molecule has 0 aliphatic heterocycles. The standard InChI is InChI=1S/C19H17Cl2F4N3O2/c20-12-2-1-8-26-14(12)16(18(30)6-3-10(22)4-7-18)28-17(29)15-13(21)11(5-9-27-15)19(23,24)25/h1-2,5,8-10,16,30H,3-4,6-7H2,(H,28,29). The number of nitrogens with one attached hydrogen (secondary N) is 1. The largest absolute Gasteiger partial charge is 0.417 e. The Kier molecular flexibility index (Phi) is 6.54. The number of alkyl halides is 4. The molecule has 0 bridgehead atoms. The smallest absolute Gasteiger partial charge is 0.387 e. The molecule has 11 heteroatoms. The van der Waals surface area contributed by atoms with Crippen molar-refractivity contribution in [2.75, 3.05) is 0 Å². The Morgan fingerprint density at radius 1 is 1.20 bits per heavy atom. The summed E-state index contributed by atoms with van der Waals surface area (Å²) in [5.74, 6) is -1.05. The van der Waals surface area contributed by atoms with Crippen molar-refractivity contribution in [3.63, 3.8) is 0 Å². The van der Waals surface area contributed by atoms with E-state index in [4.69, 9.17) is 23.2 Å². The fraction of sp³-hybridized carbons (Fsp3) is 0.421. The van der Waals surface area contributed by atoms with Gasteiger partial charge in [-0.05, 0) is 43.9 Å². The van der Waals surface area contributed by atoms with Crippen LogP contribution in [0.1, 0.15) is 53.5 Å². The van der Waals surface area contributed by atoms with E-state index in [9.17, 15) is 27.5 Å². The van der Waals surface area contributed by atoms with E-state index in [1.54, 1.807) is 6.07 Å². The number of aliphatic hydroxyl groups is 1. The Morgan fingerprint density at radius 2 is 1.87 bits per heavy atom. The first-order chi connectivity index (χ1) is 14.0. The van der Waals surface area contributed by atoms with Gasteiger partial charge in [0.2, 0.25) is 0 Å². The van der Waals surface area contributed by atoms with Crippen LogP contribution in [-0.4, -0.2) is 32.8 Å².